The number of benzene rings is 4. The van der Waals surface area contributed by atoms with E-state index < -0.39 is 54.1 Å². The molecule has 0 bridgehead atoms. The molecule has 1 aromatic heterocycles. The van der Waals surface area contributed by atoms with Gasteiger partial charge in [-0.2, -0.15) is 28.1 Å². The lowest BCUT2D eigenvalue weighted by Crippen LogP contribution is -2.44. The number of alkyl halides is 3. The predicted molar refractivity (Wildman–Crippen MR) is 205 cm³/mol. The van der Waals surface area contributed by atoms with Crippen molar-refractivity contribution in [2.75, 3.05) is 29.1 Å². The average molecular weight is 819 g/mol. The van der Waals surface area contributed by atoms with Gasteiger partial charge in [-0.25, -0.2) is 4.79 Å². The van der Waals surface area contributed by atoms with Crippen molar-refractivity contribution >= 4 is 58.6 Å². The summed E-state index contributed by atoms with van der Waals surface area (Å²) < 4.78 is 49.4. The number of nitrogens with zero attached hydrogens (tertiary/aromatic N) is 3. The van der Waals surface area contributed by atoms with E-state index in [1.54, 1.807) is 54.6 Å². The van der Waals surface area contributed by atoms with E-state index >= 15 is 0 Å². The van der Waals surface area contributed by atoms with Gasteiger partial charge in [-0.15, -0.1) is 0 Å². The molecule has 6 rings (SSSR count). The average Bonchev–Trinajstić information content (AvgIpc) is 3.97. The summed E-state index contributed by atoms with van der Waals surface area (Å²) in [5.41, 5.74) is 0.978. The van der Waals surface area contributed by atoms with Gasteiger partial charge in [-0.1, -0.05) is 48.0 Å². The lowest BCUT2D eigenvalue weighted by molar-refractivity contribution is -0.154. The van der Waals surface area contributed by atoms with Crippen LogP contribution in [-0.2, 0) is 19.9 Å². The number of hydrogen-bond acceptors (Lipinski definition) is 11. The van der Waals surface area contributed by atoms with Gasteiger partial charge >= 0.3 is 30.0 Å². The Morgan fingerprint density at radius 1 is 0.810 bits per heavy atom. The number of carbonyl (C=O) groups excluding carboxylic acids is 3. The van der Waals surface area contributed by atoms with Gasteiger partial charge in [-0.3, -0.25) is 14.4 Å². The zero-order valence-corrected chi connectivity index (χ0v) is 30.9. The van der Waals surface area contributed by atoms with E-state index in [-0.39, 0.29) is 36.1 Å². The number of hydrogen-bond donors (Lipinski definition) is 6. The number of carboxylic acids is 1. The van der Waals surface area contributed by atoms with E-state index in [9.17, 15) is 37.5 Å². The van der Waals surface area contributed by atoms with Crippen LogP contribution in [0.3, 0.4) is 0 Å². The molecule has 1 aliphatic carbocycles. The standard InChI is InChI=1S/C39H34ClF3N8O7/c40-25-13-11-24(12-14-25)38(18-19-38)51-36-48-35(49-37(50-36)57-22-39(41,42)43)46-26-15-9-23(10-16-26)31(52)47-30(34(55)56)17-20-44-32(53)33(54)45-27-5-4-8-29(21-27)58-28-6-2-1-3-7-28/h1-16,21,30H,17-20,22H2,(H,44,53)(H,45,54)(H,47,52)(H,55,56)(H2,46,48,49,50,51)/t30-/m0/s1. The molecule has 1 fully saturated rings. The van der Waals surface area contributed by atoms with Crippen molar-refractivity contribution in [1.29, 1.82) is 0 Å². The molecule has 6 N–H and O–H groups in total. The Labute approximate surface area is 333 Å². The molecule has 0 saturated heterocycles. The maximum Gasteiger partial charge on any atom is 0.422 e. The second-order valence-corrected chi connectivity index (χ2v) is 13.3. The monoisotopic (exact) mass is 818 g/mol. The summed E-state index contributed by atoms with van der Waals surface area (Å²) in [5.74, 6) is -3.38. The molecule has 4 aromatic carbocycles. The maximum absolute atomic E-state index is 13.0. The summed E-state index contributed by atoms with van der Waals surface area (Å²) in [6.07, 6.45) is -3.51. The topological polar surface area (TPSA) is 206 Å². The molecule has 19 heteroatoms. The zero-order chi connectivity index (χ0) is 41.3. The van der Waals surface area contributed by atoms with E-state index in [0.29, 0.717) is 35.1 Å². The Balaban J connectivity index is 1.02. The largest absolute Gasteiger partial charge is 0.480 e. The van der Waals surface area contributed by atoms with Crippen LogP contribution in [0.25, 0.3) is 0 Å². The number of aliphatic carboxylic acids is 1. The van der Waals surface area contributed by atoms with Crippen LogP contribution in [0.4, 0.5) is 36.4 Å². The number of carbonyl (C=O) groups is 4. The Kier molecular flexibility index (Phi) is 12.6. The molecule has 300 valence electrons. The number of aromatic nitrogens is 3. The van der Waals surface area contributed by atoms with Gasteiger partial charge in [0.15, 0.2) is 6.61 Å². The van der Waals surface area contributed by atoms with Crippen LogP contribution >= 0.6 is 11.6 Å². The minimum absolute atomic E-state index is 0.0472. The first kappa shape index (κ1) is 40.7. The smallest absolute Gasteiger partial charge is 0.422 e. The van der Waals surface area contributed by atoms with Crippen molar-refractivity contribution in [3.05, 3.63) is 119 Å². The third kappa shape index (κ3) is 11.5. The first-order valence-electron chi connectivity index (χ1n) is 17.6. The quantitative estimate of drug-likeness (QED) is 0.0596. The van der Waals surface area contributed by atoms with E-state index in [1.165, 1.54) is 30.3 Å². The molecule has 0 radical (unpaired) electrons. The minimum Gasteiger partial charge on any atom is -0.480 e. The molecule has 1 heterocycles. The fourth-order valence-electron chi connectivity index (χ4n) is 5.47. The van der Waals surface area contributed by atoms with Crippen molar-refractivity contribution < 1.29 is 46.9 Å². The van der Waals surface area contributed by atoms with Crippen LogP contribution in [0.5, 0.6) is 17.5 Å². The third-order valence-corrected chi connectivity index (χ3v) is 8.73. The Bertz CT molecular complexity index is 2260. The summed E-state index contributed by atoms with van der Waals surface area (Å²) in [6.45, 7) is -1.90. The maximum atomic E-state index is 13.0. The summed E-state index contributed by atoms with van der Waals surface area (Å²) in [5, 5.41) is 23.4. The summed E-state index contributed by atoms with van der Waals surface area (Å²) in [4.78, 5) is 62.2. The molecule has 15 nitrogen and oxygen atoms in total. The van der Waals surface area contributed by atoms with Crippen molar-refractivity contribution in [2.45, 2.75) is 37.0 Å². The Morgan fingerprint density at radius 3 is 2.17 bits per heavy atom. The molecule has 3 amide bonds. The van der Waals surface area contributed by atoms with Crippen molar-refractivity contribution in [3.63, 3.8) is 0 Å². The predicted octanol–water partition coefficient (Wildman–Crippen LogP) is 6.43. The van der Waals surface area contributed by atoms with Crippen LogP contribution in [0.1, 0.15) is 35.2 Å². The molecule has 0 unspecified atom stereocenters. The Morgan fingerprint density at radius 2 is 1.50 bits per heavy atom. The van der Waals surface area contributed by atoms with Crippen LogP contribution < -0.4 is 36.1 Å². The zero-order valence-electron chi connectivity index (χ0n) is 30.2. The van der Waals surface area contributed by atoms with E-state index in [4.69, 9.17) is 21.1 Å². The van der Waals surface area contributed by atoms with Gasteiger partial charge in [0.05, 0.1) is 5.54 Å². The molecule has 1 aliphatic rings. The molecule has 1 atom stereocenters. The number of rotatable bonds is 16. The van der Waals surface area contributed by atoms with Gasteiger partial charge in [0.1, 0.15) is 17.5 Å². The molecular formula is C39H34ClF3N8O7. The van der Waals surface area contributed by atoms with Gasteiger partial charge in [0.25, 0.3) is 5.91 Å². The second kappa shape index (κ2) is 17.9. The first-order valence-corrected chi connectivity index (χ1v) is 17.9. The van der Waals surface area contributed by atoms with E-state index in [2.05, 4.69) is 41.5 Å². The lowest BCUT2D eigenvalue weighted by Gasteiger charge is -2.19. The number of anilines is 4. The fourth-order valence-corrected chi connectivity index (χ4v) is 5.59. The van der Waals surface area contributed by atoms with Gasteiger partial charge < -0.3 is 41.2 Å². The molecule has 0 spiro atoms. The van der Waals surface area contributed by atoms with E-state index in [1.807, 2.05) is 18.2 Å². The third-order valence-electron chi connectivity index (χ3n) is 8.48. The van der Waals surface area contributed by atoms with Crippen LogP contribution in [0.2, 0.25) is 5.02 Å². The fraction of sp³-hybridized carbons (Fsp3) is 0.205. The molecular weight excluding hydrogens is 785 g/mol. The highest BCUT2D eigenvalue weighted by Gasteiger charge is 2.45. The molecule has 0 aliphatic heterocycles. The Hall–Kier alpha value is -6.95. The van der Waals surface area contributed by atoms with Crippen molar-refractivity contribution in [1.82, 2.24) is 25.6 Å². The number of amides is 3. The highest BCUT2D eigenvalue weighted by molar-refractivity contribution is 6.39. The first-order chi connectivity index (χ1) is 27.7. The SMILES string of the molecule is O=C(NCC[C@H](NC(=O)c1ccc(Nc2nc(NC3(c4ccc(Cl)cc4)CC3)nc(OCC(F)(F)F)n2)cc1)C(=O)O)C(=O)Nc1cccc(Oc2ccccc2)c1. The molecule has 5 aromatic rings. The van der Waals surface area contributed by atoms with Crippen molar-refractivity contribution in [2.24, 2.45) is 0 Å². The van der Waals surface area contributed by atoms with E-state index in [0.717, 1.165) is 5.56 Å². The lowest BCUT2D eigenvalue weighted by atomic mass is 10.1. The second-order valence-electron chi connectivity index (χ2n) is 12.9. The molecule has 1 saturated carbocycles. The van der Waals surface area contributed by atoms with Gasteiger partial charge in [0, 0.05) is 34.6 Å². The van der Waals surface area contributed by atoms with Gasteiger partial charge in [0.2, 0.25) is 11.9 Å². The highest BCUT2D eigenvalue weighted by atomic mass is 35.5. The summed E-state index contributed by atoms with van der Waals surface area (Å²) in [7, 11) is 0. The number of ether oxygens (including phenoxy) is 2. The number of para-hydroxylation sites is 1. The van der Waals surface area contributed by atoms with Crippen molar-refractivity contribution in [3.8, 4) is 17.5 Å². The van der Waals surface area contributed by atoms with Crippen LogP contribution in [0, 0.1) is 0 Å². The number of halogens is 4. The number of nitrogens with one attached hydrogen (secondary N) is 5. The molecule has 58 heavy (non-hydrogen) atoms. The number of carboxylic acid groups (broad SMARTS) is 1. The normalized spacial score (nSPS) is 13.3. The minimum atomic E-state index is -4.65. The van der Waals surface area contributed by atoms with Crippen LogP contribution in [-0.4, -0.2) is 69.1 Å². The van der Waals surface area contributed by atoms with Gasteiger partial charge in [-0.05, 0) is 85.5 Å². The van der Waals surface area contributed by atoms with Crippen LogP contribution in [0.15, 0.2) is 103 Å². The highest BCUT2D eigenvalue weighted by Crippen LogP contribution is 2.48. The summed E-state index contributed by atoms with van der Waals surface area (Å²) in [6, 6.07) is 26.0. The summed E-state index contributed by atoms with van der Waals surface area (Å²) >= 11 is 6.03.